The summed E-state index contributed by atoms with van der Waals surface area (Å²) in [6, 6.07) is 18.6. The number of hydrogen-bond donors (Lipinski definition) is 0. The maximum Gasteiger partial charge on any atom is 0.0346 e. The van der Waals surface area contributed by atoms with Crippen molar-refractivity contribution < 1.29 is 0 Å². The Morgan fingerprint density at radius 3 is 2.56 bits per heavy atom. The summed E-state index contributed by atoms with van der Waals surface area (Å²) in [6.07, 6.45) is 3.63. The zero-order valence-corrected chi connectivity index (χ0v) is 10.0. The van der Waals surface area contributed by atoms with Crippen LogP contribution in [0.3, 0.4) is 0 Å². The van der Waals surface area contributed by atoms with Crippen molar-refractivity contribution in [2.75, 3.05) is 0 Å². The number of benzene rings is 2. The topological polar surface area (TPSA) is 12.9 Å². The molecule has 0 fully saturated rings. The lowest BCUT2D eigenvalue weighted by Crippen LogP contribution is -1.88. The minimum absolute atomic E-state index is 1.01. The molecule has 18 heavy (non-hydrogen) atoms. The van der Waals surface area contributed by atoms with E-state index in [0.717, 1.165) is 11.1 Å². The summed E-state index contributed by atoms with van der Waals surface area (Å²) >= 11 is 0. The average Bonchev–Trinajstić information content (AvgIpc) is 2.47. The first-order valence-corrected chi connectivity index (χ1v) is 5.94. The summed E-state index contributed by atoms with van der Waals surface area (Å²) in [7, 11) is 0. The molecule has 0 spiro atoms. The standard InChI is InChI=1S/C17H13N/c1-13(15-8-5-11-18-12-15)16-10-4-7-14-6-2-3-9-17(14)16/h2-12H,1H2. The summed E-state index contributed by atoms with van der Waals surface area (Å²) in [6.45, 7) is 4.21. The Labute approximate surface area is 106 Å². The average molecular weight is 231 g/mol. The van der Waals surface area contributed by atoms with Crippen LogP contribution in [0.15, 0.2) is 73.6 Å². The molecule has 3 rings (SSSR count). The largest absolute Gasteiger partial charge is 0.264 e. The van der Waals surface area contributed by atoms with Crippen molar-refractivity contribution in [3.63, 3.8) is 0 Å². The molecule has 0 bridgehead atoms. The highest BCUT2D eigenvalue weighted by Crippen LogP contribution is 2.27. The van der Waals surface area contributed by atoms with Crippen molar-refractivity contribution in [2.45, 2.75) is 0 Å². The number of nitrogens with zero attached hydrogens (tertiary/aromatic N) is 1. The molecule has 1 heteroatoms. The molecule has 0 saturated carbocycles. The molecule has 0 atom stereocenters. The highest BCUT2D eigenvalue weighted by atomic mass is 14.6. The zero-order valence-electron chi connectivity index (χ0n) is 10.0. The van der Waals surface area contributed by atoms with Crippen molar-refractivity contribution in [1.29, 1.82) is 0 Å². The highest BCUT2D eigenvalue weighted by Gasteiger charge is 2.05. The molecule has 1 aromatic heterocycles. The van der Waals surface area contributed by atoms with Gasteiger partial charge in [-0.1, -0.05) is 55.1 Å². The fraction of sp³-hybridized carbons (Fsp3) is 0. The Balaban J connectivity index is 2.18. The zero-order chi connectivity index (χ0) is 12.4. The van der Waals surface area contributed by atoms with Crippen LogP contribution in [-0.4, -0.2) is 4.98 Å². The Morgan fingerprint density at radius 2 is 1.72 bits per heavy atom. The molecule has 0 unspecified atom stereocenters. The van der Waals surface area contributed by atoms with Gasteiger partial charge < -0.3 is 0 Å². The Bertz CT molecular complexity index is 694. The van der Waals surface area contributed by atoms with E-state index in [9.17, 15) is 0 Å². The second kappa shape index (κ2) is 4.46. The third-order valence-electron chi connectivity index (χ3n) is 3.12. The molecule has 0 saturated heterocycles. The van der Waals surface area contributed by atoms with Crippen molar-refractivity contribution in [3.05, 3.63) is 84.7 Å². The van der Waals surface area contributed by atoms with Crippen LogP contribution in [0.25, 0.3) is 16.3 Å². The molecular formula is C17H13N. The van der Waals surface area contributed by atoms with E-state index in [1.165, 1.54) is 16.3 Å². The van der Waals surface area contributed by atoms with E-state index < -0.39 is 0 Å². The van der Waals surface area contributed by atoms with Crippen LogP contribution in [0.4, 0.5) is 0 Å². The van der Waals surface area contributed by atoms with Gasteiger partial charge in [0.1, 0.15) is 0 Å². The predicted octanol–water partition coefficient (Wildman–Crippen LogP) is 4.30. The van der Waals surface area contributed by atoms with Crippen LogP contribution in [0.5, 0.6) is 0 Å². The molecule has 1 heterocycles. The summed E-state index contributed by atoms with van der Waals surface area (Å²) in [5.74, 6) is 0. The lowest BCUT2D eigenvalue weighted by molar-refractivity contribution is 1.31. The molecule has 0 radical (unpaired) electrons. The van der Waals surface area contributed by atoms with E-state index in [1.54, 1.807) is 6.20 Å². The number of rotatable bonds is 2. The first-order valence-electron chi connectivity index (χ1n) is 5.94. The molecular weight excluding hydrogens is 218 g/mol. The van der Waals surface area contributed by atoms with Gasteiger partial charge in [-0.25, -0.2) is 0 Å². The van der Waals surface area contributed by atoms with Gasteiger partial charge in [-0.15, -0.1) is 0 Å². The third kappa shape index (κ3) is 1.80. The predicted molar refractivity (Wildman–Crippen MR) is 76.3 cm³/mol. The number of aromatic nitrogens is 1. The summed E-state index contributed by atoms with van der Waals surface area (Å²) in [5.41, 5.74) is 3.25. The van der Waals surface area contributed by atoms with Crippen molar-refractivity contribution in [2.24, 2.45) is 0 Å². The molecule has 0 aliphatic carbocycles. The lowest BCUT2D eigenvalue weighted by Gasteiger charge is -2.09. The van der Waals surface area contributed by atoms with Crippen LogP contribution in [0, 0.1) is 0 Å². The Kier molecular flexibility index (Phi) is 2.66. The van der Waals surface area contributed by atoms with Gasteiger partial charge in [0.05, 0.1) is 0 Å². The Hall–Kier alpha value is -2.41. The van der Waals surface area contributed by atoms with E-state index in [-0.39, 0.29) is 0 Å². The van der Waals surface area contributed by atoms with Gasteiger partial charge in [0.2, 0.25) is 0 Å². The smallest absolute Gasteiger partial charge is 0.0346 e. The molecule has 0 aliphatic heterocycles. The van der Waals surface area contributed by atoms with Gasteiger partial charge in [0.25, 0.3) is 0 Å². The fourth-order valence-corrected chi connectivity index (χ4v) is 2.19. The van der Waals surface area contributed by atoms with Crippen LogP contribution < -0.4 is 0 Å². The lowest BCUT2D eigenvalue weighted by atomic mass is 9.95. The van der Waals surface area contributed by atoms with Gasteiger partial charge in [-0.2, -0.15) is 0 Å². The quantitative estimate of drug-likeness (QED) is 0.641. The SMILES string of the molecule is C=C(c1cccnc1)c1cccc2ccccc12. The van der Waals surface area contributed by atoms with Gasteiger partial charge in [0, 0.05) is 18.0 Å². The van der Waals surface area contributed by atoms with Crippen molar-refractivity contribution in [1.82, 2.24) is 4.98 Å². The first-order chi connectivity index (χ1) is 8.86. The van der Waals surface area contributed by atoms with Crippen LogP contribution >= 0.6 is 0 Å². The molecule has 0 aliphatic rings. The summed E-state index contributed by atoms with van der Waals surface area (Å²) in [4.78, 5) is 4.15. The number of hydrogen-bond acceptors (Lipinski definition) is 1. The molecule has 1 nitrogen and oxygen atoms in total. The normalized spacial score (nSPS) is 10.4. The van der Waals surface area contributed by atoms with E-state index >= 15 is 0 Å². The van der Waals surface area contributed by atoms with E-state index in [1.807, 2.05) is 18.3 Å². The van der Waals surface area contributed by atoms with Crippen LogP contribution in [0.1, 0.15) is 11.1 Å². The van der Waals surface area contributed by atoms with E-state index in [0.29, 0.717) is 0 Å². The van der Waals surface area contributed by atoms with Gasteiger partial charge >= 0.3 is 0 Å². The van der Waals surface area contributed by atoms with E-state index in [2.05, 4.69) is 54.0 Å². The van der Waals surface area contributed by atoms with Gasteiger partial charge in [-0.05, 0) is 28.0 Å². The Morgan fingerprint density at radius 1 is 0.889 bits per heavy atom. The molecule has 86 valence electrons. The second-order valence-corrected chi connectivity index (χ2v) is 4.25. The van der Waals surface area contributed by atoms with Crippen LogP contribution in [0.2, 0.25) is 0 Å². The maximum atomic E-state index is 4.21. The second-order valence-electron chi connectivity index (χ2n) is 4.25. The highest BCUT2D eigenvalue weighted by molar-refractivity contribution is 5.96. The number of pyridine rings is 1. The fourth-order valence-electron chi connectivity index (χ4n) is 2.19. The third-order valence-corrected chi connectivity index (χ3v) is 3.12. The maximum absolute atomic E-state index is 4.21. The molecule has 3 aromatic rings. The molecule has 2 aromatic carbocycles. The van der Waals surface area contributed by atoms with Gasteiger partial charge in [0.15, 0.2) is 0 Å². The first kappa shape index (κ1) is 10.7. The van der Waals surface area contributed by atoms with Crippen molar-refractivity contribution >= 4 is 16.3 Å². The number of fused-ring (bicyclic) bond motifs is 1. The van der Waals surface area contributed by atoms with Gasteiger partial charge in [-0.3, -0.25) is 4.98 Å². The van der Waals surface area contributed by atoms with Crippen LogP contribution in [-0.2, 0) is 0 Å². The molecule has 0 amide bonds. The molecule has 0 N–H and O–H groups in total. The van der Waals surface area contributed by atoms with E-state index in [4.69, 9.17) is 0 Å². The summed E-state index contributed by atoms with van der Waals surface area (Å²) < 4.78 is 0. The summed E-state index contributed by atoms with van der Waals surface area (Å²) in [5, 5.41) is 2.47. The monoisotopic (exact) mass is 231 g/mol. The van der Waals surface area contributed by atoms with Crippen molar-refractivity contribution in [3.8, 4) is 0 Å². The minimum Gasteiger partial charge on any atom is -0.264 e. The minimum atomic E-state index is 1.01.